The Bertz CT molecular complexity index is 1680. The van der Waals surface area contributed by atoms with Crippen LogP contribution >= 0.6 is 11.3 Å². The first kappa shape index (κ1) is 22.0. The third kappa shape index (κ3) is 3.53. The molecule has 4 aromatic heterocycles. The molecule has 0 aliphatic rings. The Morgan fingerprint density at radius 2 is 1.89 bits per heavy atom. The van der Waals surface area contributed by atoms with E-state index in [0.29, 0.717) is 27.2 Å². The number of hydrogen-bond acceptors (Lipinski definition) is 10. The van der Waals surface area contributed by atoms with Gasteiger partial charge in [0.1, 0.15) is 27.2 Å². The highest BCUT2D eigenvalue weighted by molar-refractivity contribution is 7.21. The van der Waals surface area contributed by atoms with E-state index < -0.39 is 11.7 Å². The van der Waals surface area contributed by atoms with Crippen LogP contribution < -0.4 is 21.3 Å². The minimum Gasteiger partial charge on any atom is -0.539 e. The molecule has 4 heterocycles. The minimum atomic E-state index is -0.904. The third-order valence-electron chi connectivity index (χ3n) is 5.47. The summed E-state index contributed by atoms with van der Waals surface area (Å²) in [5.41, 5.74) is 15.4. The van der Waals surface area contributed by atoms with Gasteiger partial charge in [-0.1, -0.05) is 23.8 Å². The Balaban J connectivity index is 1.75. The number of benzene rings is 1. The molecule has 0 unspecified atom stereocenters. The molecule has 35 heavy (non-hydrogen) atoms. The number of aromatic nitrogens is 4. The molecule has 0 bridgehead atoms. The standard InChI is InChI=1S/C24H17N7O3S/c1-11-6-8-13(9-7-11)31-19(24(33)34-30-31)20(32)21-18(26)17-16(15-5-3-4-12(2)28-15)14(10-25)22(27)29-23(17)35-21/h3-9H,1-2H3,(H4-,26,27,29,30,32,33). The Hall–Kier alpha value is -4.82. The van der Waals surface area contributed by atoms with Gasteiger partial charge in [0.2, 0.25) is 5.69 Å². The highest BCUT2D eigenvalue weighted by atomic mass is 32.1. The van der Waals surface area contributed by atoms with Gasteiger partial charge in [-0.25, -0.2) is 4.98 Å². The first-order chi connectivity index (χ1) is 16.8. The average Bonchev–Trinajstić information content (AvgIpc) is 3.38. The SMILES string of the molecule is Cc1ccc(-[n+]2noc([O-])c2C(=O)c2sc3nc(N)c(C#N)c(-c4cccc(C)n4)c3c2N)cc1. The van der Waals surface area contributed by atoms with E-state index in [-0.39, 0.29) is 27.6 Å². The molecule has 0 radical (unpaired) electrons. The van der Waals surface area contributed by atoms with E-state index in [1.165, 1.54) is 0 Å². The molecule has 10 nitrogen and oxygen atoms in total. The van der Waals surface area contributed by atoms with E-state index in [2.05, 4.69) is 21.3 Å². The molecule has 4 N–H and O–H groups in total. The molecule has 5 rings (SSSR count). The molecule has 1 aromatic carbocycles. The fourth-order valence-electron chi connectivity index (χ4n) is 3.80. The number of nitrogen functional groups attached to an aromatic ring is 2. The highest BCUT2D eigenvalue weighted by Crippen LogP contribution is 2.43. The number of carbonyl (C=O) groups excluding carboxylic acids is 1. The fraction of sp³-hybridized carbons (Fsp3) is 0.0833. The summed E-state index contributed by atoms with van der Waals surface area (Å²) in [5.74, 6) is -1.60. The van der Waals surface area contributed by atoms with Gasteiger partial charge in [0.05, 0.1) is 16.7 Å². The maximum atomic E-state index is 13.6. The summed E-state index contributed by atoms with van der Waals surface area (Å²) in [4.78, 5) is 22.8. The predicted molar refractivity (Wildman–Crippen MR) is 127 cm³/mol. The summed E-state index contributed by atoms with van der Waals surface area (Å²) in [6.45, 7) is 3.73. The van der Waals surface area contributed by atoms with Crippen molar-refractivity contribution in [1.29, 1.82) is 5.26 Å². The zero-order valence-corrected chi connectivity index (χ0v) is 19.4. The second kappa shape index (κ2) is 8.19. The van der Waals surface area contributed by atoms with Gasteiger partial charge >= 0.3 is 5.69 Å². The lowest BCUT2D eigenvalue weighted by Gasteiger charge is -2.09. The van der Waals surface area contributed by atoms with Gasteiger partial charge in [0.25, 0.3) is 5.78 Å². The molecule has 172 valence electrons. The molecule has 0 aliphatic carbocycles. The van der Waals surface area contributed by atoms with Crippen molar-refractivity contribution in [2.75, 3.05) is 11.5 Å². The average molecular weight is 484 g/mol. The number of hydrogen-bond donors (Lipinski definition) is 2. The second-order valence-electron chi connectivity index (χ2n) is 7.83. The van der Waals surface area contributed by atoms with Crippen molar-refractivity contribution in [3.05, 3.63) is 69.9 Å². The van der Waals surface area contributed by atoms with Crippen molar-refractivity contribution in [2.45, 2.75) is 13.8 Å². The quantitative estimate of drug-likeness (QED) is 0.288. The number of aryl methyl sites for hydroxylation is 2. The van der Waals surface area contributed by atoms with Crippen LogP contribution in [-0.2, 0) is 0 Å². The van der Waals surface area contributed by atoms with Crippen molar-refractivity contribution in [3.8, 4) is 29.0 Å². The van der Waals surface area contributed by atoms with Crippen LogP contribution in [0.2, 0.25) is 0 Å². The normalized spacial score (nSPS) is 11.0. The maximum Gasteiger partial charge on any atom is 0.312 e. The molecular formula is C24H17N7O3S. The number of nitrogens with zero attached hydrogens (tertiary/aromatic N) is 5. The van der Waals surface area contributed by atoms with Crippen LogP contribution in [0.15, 0.2) is 47.0 Å². The van der Waals surface area contributed by atoms with Gasteiger partial charge in [0.15, 0.2) is 5.95 Å². The van der Waals surface area contributed by atoms with E-state index in [9.17, 15) is 15.2 Å². The molecule has 0 saturated carbocycles. The monoisotopic (exact) mass is 483 g/mol. The lowest BCUT2D eigenvalue weighted by molar-refractivity contribution is -0.672. The van der Waals surface area contributed by atoms with E-state index in [4.69, 9.17) is 16.0 Å². The fourth-order valence-corrected chi connectivity index (χ4v) is 4.85. The lowest BCUT2D eigenvalue weighted by atomic mass is 10.0. The minimum absolute atomic E-state index is 0.0113. The number of pyridine rings is 2. The first-order valence-corrected chi connectivity index (χ1v) is 11.2. The van der Waals surface area contributed by atoms with Crippen molar-refractivity contribution in [2.24, 2.45) is 0 Å². The van der Waals surface area contributed by atoms with Crippen LogP contribution in [0.3, 0.4) is 0 Å². The molecule has 0 spiro atoms. The zero-order chi connectivity index (χ0) is 24.9. The van der Waals surface area contributed by atoms with Gasteiger partial charge in [-0.15, -0.1) is 11.3 Å². The summed E-state index contributed by atoms with van der Waals surface area (Å²) in [6, 6.07) is 14.5. The molecule has 0 atom stereocenters. The summed E-state index contributed by atoms with van der Waals surface area (Å²) in [7, 11) is 0. The van der Waals surface area contributed by atoms with Crippen LogP contribution in [0.4, 0.5) is 11.5 Å². The molecule has 0 saturated heterocycles. The van der Waals surface area contributed by atoms with Crippen molar-refractivity contribution in [1.82, 2.24) is 15.2 Å². The molecule has 11 heteroatoms. The summed E-state index contributed by atoms with van der Waals surface area (Å²) in [5, 5.41) is 26.4. The van der Waals surface area contributed by atoms with Gasteiger partial charge < -0.3 is 21.1 Å². The number of thiophene rings is 1. The van der Waals surface area contributed by atoms with E-state index in [1.807, 2.05) is 32.0 Å². The maximum absolute atomic E-state index is 13.6. The van der Waals surface area contributed by atoms with E-state index >= 15 is 0 Å². The Labute approximate surface area is 202 Å². The second-order valence-corrected chi connectivity index (χ2v) is 8.83. The molecule has 0 fully saturated rings. The summed E-state index contributed by atoms with van der Waals surface area (Å²) in [6.07, 6.45) is 0. The van der Waals surface area contributed by atoms with Gasteiger partial charge in [-0.05, 0) is 30.7 Å². The summed E-state index contributed by atoms with van der Waals surface area (Å²) < 4.78 is 5.95. The number of rotatable bonds is 4. The van der Waals surface area contributed by atoms with Crippen molar-refractivity contribution < 1.29 is 19.1 Å². The van der Waals surface area contributed by atoms with Crippen LogP contribution in [0.1, 0.15) is 32.2 Å². The van der Waals surface area contributed by atoms with Crippen LogP contribution in [0, 0.1) is 25.2 Å². The Morgan fingerprint density at radius 3 is 2.57 bits per heavy atom. The Morgan fingerprint density at radius 1 is 1.14 bits per heavy atom. The van der Waals surface area contributed by atoms with E-state index in [1.54, 1.807) is 24.3 Å². The smallest absolute Gasteiger partial charge is 0.312 e. The van der Waals surface area contributed by atoms with Crippen LogP contribution in [-0.4, -0.2) is 21.0 Å². The zero-order valence-electron chi connectivity index (χ0n) is 18.6. The lowest BCUT2D eigenvalue weighted by Crippen LogP contribution is -2.39. The number of anilines is 2. The van der Waals surface area contributed by atoms with Gasteiger partial charge in [-0.2, -0.15) is 5.26 Å². The number of carbonyl (C=O) groups is 1. The number of fused-ring (bicyclic) bond motifs is 1. The van der Waals surface area contributed by atoms with Gasteiger partial charge in [-0.3, -0.25) is 9.78 Å². The first-order valence-electron chi connectivity index (χ1n) is 10.4. The number of nitriles is 1. The third-order valence-corrected chi connectivity index (χ3v) is 6.57. The largest absolute Gasteiger partial charge is 0.539 e. The topological polar surface area (TPSA) is 172 Å². The molecular weight excluding hydrogens is 466 g/mol. The van der Waals surface area contributed by atoms with Crippen molar-refractivity contribution in [3.63, 3.8) is 0 Å². The number of ketones is 1. The predicted octanol–water partition coefficient (Wildman–Crippen LogP) is 2.58. The Kier molecular flexibility index (Phi) is 5.15. The number of nitrogens with two attached hydrogens (primary N) is 2. The molecule has 0 amide bonds. The summed E-state index contributed by atoms with van der Waals surface area (Å²) >= 11 is 0.967. The molecule has 0 aliphatic heterocycles. The van der Waals surface area contributed by atoms with Crippen molar-refractivity contribution >= 4 is 38.8 Å². The molecule has 5 aromatic rings. The van der Waals surface area contributed by atoms with Gasteiger partial charge in [0, 0.05) is 28.8 Å². The van der Waals surface area contributed by atoms with Crippen LogP contribution in [0.25, 0.3) is 27.2 Å². The van der Waals surface area contributed by atoms with Crippen LogP contribution in [0.5, 0.6) is 5.95 Å². The highest BCUT2D eigenvalue weighted by Gasteiger charge is 2.33. The van der Waals surface area contributed by atoms with E-state index in [0.717, 1.165) is 27.3 Å².